The van der Waals surface area contributed by atoms with Crippen LogP contribution < -0.4 is 20.7 Å². The van der Waals surface area contributed by atoms with E-state index in [0.29, 0.717) is 17.8 Å². The SMILES string of the molecule is COc1ccc(NC(=O)Cn2cc(NC(=O)CC3CCCN3)cn2)cc1. The first-order valence-electron chi connectivity index (χ1n) is 8.62. The second-order valence-electron chi connectivity index (χ2n) is 6.25. The quantitative estimate of drug-likeness (QED) is 0.699. The predicted molar refractivity (Wildman–Crippen MR) is 98.1 cm³/mol. The second-order valence-corrected chi connectivity index (χ2v) is 6.25. The Hall–Kier alpha value is -2.87. The fraction of sp³-hybridized carbons (Fsp3) is 0.389. The summed E-state index contributed by atoms with van der Waals surface area (Å²) in [6.07, 6.45) is 5.77. The Morgan fingerprint density at radius 3 is 2.69 bits per heavy atom. The third-order valence-electron chi connectivity index (χ3n) is 4.19. The normalized spacial score (nSPS) is 16.3. The Bertz CT molecular complexity index is 750. The molecule has 1 aromatic heterocycles. The smallest absolute Gasteiger partial charge is 0.246 e. The van der Waals surface area contributed by atoms with Crippen molar-refractivity contribution in [3.63, 3.8) is 0 Å². The molecule has 1 aliphatic heterocycles. The van der Waals surface area contributed by atoms with E-state index in [4.69, 9.17) is 4.74 Å². The number of methoxy groups -OCH3 is 1. The summed E-state index contributed by atoms with van der Waals surface area (Å²) >= 11 is 0. The first-order valence-corrected chi connectivity index (χ1v) is 8.62. The molecule has 1 fully saturated rings. The number of carbonyl (C=O) groups excluding carboxylic acids is 2. The molecule has 2 amide bonds. The monoisotopic (exact) mass is 357 g/mol. The molecule has 8 nitrogen and oxygen atoms in total. The van der Waals surface area contributed by atoms with Crippen LogP contribution in [0.4, 0.5) is 11.4 Å². The molecule has 138 valence electrons. The molecular formula is C18H23N5O3. The van der Waals surface area contributed by atoms with Gasteiger partial charge in [0.15, 0.2) is 0 Å². The highest BCUT2D eigenvalue weighted by atomic mass is 16.5. The number of rotatable bonds is 7. The number of hydrogen-bond acceptors (Lipinski definition) is 5. The molecule has 26 heavy (non-hydrogen) atoms. The first-order chi connectivity index (χ1) is 12.6. The van der Waals surface area contributed by atoms with Gasteiger partial charge in [0.05, 0.1) is 19.0 Å². The minimum absolute atomic E-state index is 0.0494. The summed E-state index contributed by atoms with van der Waals surface area (Å²) in [5, 5.41) is 13.0. The molecule has 1 atom stereocenters. The summed E-state index contributed by atoms with van der Waals surface area (Å²) in [6, 6.07) is 7.33. The average molecular weight is 357 g/mol. The van der Waals surface area contributed by atoms with Gasteiger partial charge >= 0.3 is 0 Å². The van der Waals surface area contributed by atoms with Crippen molar-refractivity contribution in [3.8, 4) is 5.75 Å². The molecule has 1 saturated heterocycles. The number of benzene rings is 1. The highest BCUT2D eigenvalue weighted by Gasteiger charge is 2.18. The van der Waals surface area contributed by atoms with Crippen molar-refractivity contribution < 1.29 is 14.3 Å². The Kier molecular flexibility index (Phi) is 5.85. The van der Waals surface area contributed by atoms with E-state index in [0.717, 1.165) is 25.1 Å². The van der Waals surface area contributed by atoms with Crippen molar-refractivity contribution >= 4 is 23.2 Å². The van der Waals surface area contributed by atoms with Gasteiger partial charge in [0, 0.05) is 24.3 Å². The Labute approximate surface area is 151 Å². The van der Waals surface area contributed by atoms with Crippen LogP contribution in [0.1, 0.15) is 19.3 Å². The van der Waals surface area contributed by atoms with Gasteiger partial charge in [0.25, 0.3) is 0 Å². The summed E-state index contributed by atoms with van der Waals surface area (Å²) in [4.78, 5) is 24.1. The van der Waals surface area contributed by atoms with E-state index in [1.54, 1.807) is 43.8 Å². The molecule has 0 radical (unpaired) electrons. The van der Waals surface area contributed by atoms with Crippen LogP contribution >= 0.6 is 0 Å². The minimum Gasteiger partial charge on any atom is -0.497 e. The minimum atomic E-state index is -0.203. The summed E-state index contributed by atoms with van der Waals surface area (Å²) in [7, 11) is 1.59. The molecule has 2 aromatic rings. The van der Waals surface area contributed by atoms with E-state index in [-0.39, 0.29) is 24.4 Å². The fourth-order valence-electron chi connectivity index (χ4n) is 2.90. The summed E-state index contributed by atoms with van der Waals surface area (Å²) < 4.78 is 6.57. The number of amides is 2. The molecule has 0 aliphatic carbocycles. The molecule has 2 heterocycles. The van der Waals surface area contributed by atoms with Crippen molar-refractivity contribution in [1.82, 2.24) is 15.1 Å². The lowest BCUT2D eigenvalue weighted by Gasteiger charge is -2.09. The van der Waals surface area contributed by atoms with Gasteiger partial charge in [0.2, 0.25) is 11.8 Å². The zero-order valence-electron chi connectivity index (χ0n) is 14.7. The zero-order chi connectivity index (χ0) is 18.4. The Morgan fingerprint density at radius 2 is 2.00 bits per heavy atom. The molecule has 1 unspecified atom stereocenters. The Balaban J connectivity index is 1.47. The molecule has 8 heteroatoms. The number of aromatic nitrogens is 2. The van der Waals surface area contributed by atoms with Gasteiger partial charge in [-0.1, -0.05) is 0 Å². The summed E-state index contributed by atoms with van der Waals surface area (Å²) in [5.41, 5.74) is 1.27. The van der Waals surface area contributed by atoms with E-state index >= 15 is 0 Å². The molecule has 1 aliphatic rings. The first kappa shape index (κ1) is 17.9. The van der Waals surface area contributed by atoms with E-state index in [2.05, 4.69) is 21.0 Å². The van der Waals surface area contributed by atoms with Crippen LogP contribution in [-0.4, -0.2) is 41.3 Å². The van der Waals surface area contributed by atoms with E-state index in [9.17, 15) is 9.59 Å². The molecular weight excluding hydrogens is 334 g/mol. The predicted octanol–water partition coefficient (Wildman–Crippen LogP) is 1.61. The number of anilines is 2. The third kappa shape index (κ3) is 5.06. The van der Waals surface area contributed by atoms with E-state index < -0.39 is 0 Å². The van der Waals surface area contributed by atoms with Crippen LogP contribution in [0, 0.1) is 0 Å². The topological polar surface area (TPSA) is 97.3 Å². The maximum Gasteiger partial charge on any atom is 0.246 e. The van der Waals surface area contributed by atoms with Crippen LogP contribution in [-0.2, 0) is 16.1 Å². The van der Waals surface area contributed by atoms with Gasteiger partial charge < -0.3 is 20.7 Å². The van der Waals surface area contributed by atoms with E-state index in [1.165, 1.54) is 4.68 Å². The summed E-state index contributed by atoms with van der Waals surface area (Å²) in [5.74, 6) is 0.473. The van der Waals surface area contributed by atoms with Crippen LogP contribution in [0.5, 0.6) is 5.75 Å². The lowest BCUT2D eigenvalue weighted by atomic mass is 10.1. The lowest BCUT2D eigenvalue weighted by Crippen LogP contribution is -2.27. The molecule has 3 rings (SSSR count). The fourth-order valence-corrected chi connectivity index (χ4v) is 2.90. The van der Waals surface area contributed by atoms with Crippen LogP contribution in [0.3, 0.4) is 0 Å². The molecule has 1 aromatic carbocycles. The van der Waals surface area contributed by atoms with Crippen molar-refractivity contribution in [2.24, 2.45) is 0 Å². The number of nitrogens with one attached hydrogen (secondary N) is 3. The Morgan fingerprint density at radius 1 is 1.23 bits per heavy atom. The lowest BCUT2D eigenvalue weighted by molar-refractivity contribution is -0.117. The number of nitrogens with zero attached hydrogens (tertiary/aromatic N) is 2. The number of ether oxygens (including phenoxy) is 1. The van der Waals surface area contributed by atoms with Gasteiger partial charge in [-0.15, -0.1) is 0 Å². The van der Waals surface area contributed by atoms with Crippen molar-refractivity contribution in [2.75, 3.05) is 24.3 Å². The standard InChI is InChI=1S/C18H23N5O3/c1-26-16-6-4-13(5-7-16)21-18(25)12-23-11-15(10-20-23)22-17(24)9-14-3-2-8-19-14/h4-7,10-11,14,19H,2-3,8-9,12H2,1H3,(H,21,25)(H,22,24). The van der Waals surface area contributed by atoms with Crippen molar-refractivity contribution in [3.05, 3.63) is 36.7 Å². The highest BCUT2D eigenvalue weighted by Crippen LogP contribution is 2.15. The van der Waals surface area contributed by atoms with Crippen molar-refractivity contribution in [2.45, 2.75) is 31.8 Å². The molecule has 0 saturated carbocycles. The maximum absolute atomic E-state index is 12.1. The van der Waals surface area contributed by atoms with Gasteiger partial charge in [-0.2, -0.15) is 5.10 Å². The van der Waals surface area contributed by atoms with Crippen LogP contribution in [0.25, 0.3) is 0 Å². The van der Waals surface area contributed by atoms with E-state index in [1.807, 2.05) is 0 Å². The molecule has 0 bridgehead atoms. The third-order valence-corrected chi connectivity index (χ3v) is 4.19. The summed E-state index contributed by atoms with van der Waals surface area (Å²) in [6.45, 7) is 1.03. The van der Waals surface area contributed by atoms with Gasteiger partial charge in [-0.3, -0.25) is 14.3 Å². The van der Waals surface area contributed by atoms with Crippen LogP contribution in [0.15, 0.2) is 36.7 Å². The largest absolute Gasteiger partial charge is 0.497 e. The second kappa shape index (κ2) is 8.48. The molecule has 0 spiro atoms. The van der Waals surface area contributed by atoms with Gasteiger partial charge in [-0.05, 0) is 43.7 Å². The van der Waals surface area contributed by atoms with Gasteiger partial charge in [0.1, 0.15) is 12.3 Å². The van der Waals surface area contributed by atoms with Crippen LogP contribution in [0.2, 0.25) is 0 Å². The number of carbonyl (C=O) groups is 2. The van der Waals surface area contributed by atoms with Crippen molar-refractivity contribution in [1.29, 1.82) is 0 Å². The zero-order valence-corrected chi connectivity index (χ0v) is 14.7. The maximum atomic E-state index is 12.1. The average Bonchev–Trinajstić information content (AvgIpc) is 3.27. The number of hydrogen-bond donors (Lipinski definition) is 3. The van der Waals surface area contributed by atoms with Gasteiger partial charge in [-0.25, -0.2) is 0 Å². The highest BCUT2D eigenvalue weighted by molar-refractivity contribution is 5.91. The molecule has 3 N–H and O–H groups in total.